The second kappa shape index (κ2) is 9.41. The summed E-state index contributed by atoms with van der Waals surface area (Å²) in [4.78, 5) is 26.9. The zero-order chi connectivity index (χ0) is 18.6. The molecule has 0 unspecified atom stereocenters. The molecular weight excluding hydrogens is 386 g/mol. The third kappa shape index (κ3) is 5.10. The minimum Gasteiger partial charge on any atom is -0.870 e. The summed E-state index contributed by atoms with van der Waals surface area (Å²) in [5.41, 5.74) is 0.877. The summed E-state index contributed by atoms with van der Waals surface area (Å²) in [5, 5.41) is 0. The number of carbonyl (C=O) groups is 2. The van der Waals surface area contributed by atoms with Gasteiger partial charge in [-0.25, -0.2) is 4.79 Å². The Morgan fingerprint density at radius 1 is 1.42 bits per heavy atom. The predicted molar refractivity (Wildman–Crippen MR) is 91.4 cm³/mol. The summed E-state index contributed by atoms with van der Waals surface area (Å²) in [6, 6.07) is 5.92. The number of ether oxygens (including phenoxy) is 1. The van der Waals surface area contributed by atoms with Crippen LogP contribution in [-0.4, -0.2) is 46.6 Å². The van der Waals surface area contributed by atoms with Crippen LogP contribution in [0, 0.1) is 6.20 Å². The van der Waals surface area contributed by atoms with Crippen LogP contribution in [0.3, 0.4) is 0 Å². The number of anilines is 1. The van der Waals surface area contributed by atoms with Crippen LogP contribution in [0.15, 0.2) is 42.2 Å². The van der Waals surface area contributed by atoms with Gasteiger partial charge in [-0.3, -0.25) is 0 Å². The Morgan fingerprint density at radius 2 is 2.12 bits per heavy atom. The van der Waals surface area contributed by atoms with Gasteiger partial charge in [-0.2, -0.15) is 0 Å². The van der Waals surface area contributed by atoms with E-state index < -0.39 is 17.8 Å². The first kappa shape index (κ1) is 21.7. The number of halogens is 1. The molecule has 0 bridgehead atoms. The van der Waals surface area contributed by atoms with Crippen molar-refractivity contribution in [1.29, 1.82) is 0 Å². The maximum Gasteiger partial charge on any atom is -0.870 e. The van der Waals surface area contributed by atoms with E-state index in [9.17, 15) is 14.0 Å². The van der Waals surface area contributed by atoms with Gasteiger partial charge in [0.25, 0.3) is 0 Å². The van der Waals surface area contributed by atoms with Crippen LogP contribution >= 0.6 is 0 Å². The molecule has 1 fully saturated rings. The third-order valence-corrected chi connectivity index (χ3v) is 3.73. The maximum absolute atomic E-state index is 13.9. The Bertz CT molecular complexity index is 763. The zero-order valence-electron chi connectivity index (χ0n) is 14.5. The van der Waals surface area contributed by atoms with E-state index in [-0.39, 0.29) is 18.1 Å². The van der Waals surface area contributed by atoms with Gasteiger partial charge in [0.2, 0.25) is 0 Å². The standard InChI is InChI=1S/C18H18FN2O3.Ni.H2O/c1-4-5-8-15(19)12-20-11-13(2)21(18(20)23)16-9-6-7-14(10-16)17(22)24-3;;/h5-10,13H,11H2,1-3H3;;1H2/q-1;;/p-1/b8-5-;;/t13-;;/m0../s1. The molecule has 6 nitrogen and oxygen atoms in total. The number of rotatable bonds is 5. The van der Waals surface area contributed by atoms with E-state index in [1.165, 1.54) is 29.1 Å². The molecule has 8 heteroatoms. The van der Waals surface area contributed by atoms with Gasteiger partial charge in [0.05, 0.1) is 7.11 Å². The average Bonchev–Trinajstić information content (AvgIpc) is 2.86. The molecule has 1 atom stereocenters. The summed E-state index contributed by atoms with van der Waals surface area (Å²) < 4.78 is 19.1. The molecule has 1 saturated heterocycles. The van der Waals surface area contributed by atoms with Gasteiger partial charge < -0.3 is 10.2 Å². The van der Waals surface area contributed by atoms with Crippen LogP contribution in [0.25, 0.3) is 0 Å². The normalized spacial score (nSPS) is 17.5. The average molecular weight is 405 g/mol. The smallest absolute Gasteiger partial charge is 0.870 e. The zero-order valence-corrected chi connectivity index (χ0v) is 15.5. The number of benzene rings is 1. The second-order valence-corrected chi connectivity index (χ2v) is 6.26. The van der Waals surface area contributed by atoms with Crippen molar-refractivity contribution in [2.45, 2.75) is 19.9 Å². The SMILES string of the molecule is COC(=O)c1cccc(N2C(=O)N([C-]=C(F)/C=C\[C](C)=[Ni])C[C@@H]2C)c1.[OH-]. The van der Waals surface area contributed by atoms with Crippen molar-refractivity contribution >= 4 is 22.2 Å². The summed E-state index contributed by atoms with van der Waals surface area (Å²) in [6.45, 7) is 3.80. The first-order valence-corrected chi connectivity index (χ1v) is 8.05. The van der Waals surface area contributed by atoms with Crippen LogP contribution in [-0.2, 0) is 19.8 Å². The van der Waals surface area contributed by atoms with Crippen molar-refractivity contribution in [2.75, 3.05) is 18.6 Å². The molecule has 0 aliphatic carbocycles. The predicted octanol–water partition coefficient (Wildman–Crippen LogP) is 2.84. The summed E-state index contributed by atoms with van der Waals surface area (Å²) in [6.07, 6.45) is 5.05. The summed E-state index contributed by atoms with van der Waals surface area (Å²) in [5.74, 6) is -1.17. The molecule has 26 heavy (non-hydrogen) atoms. The van der Waals surface area contributed by atoms with E-state index in [1.807, 2.05) is 6.92 Å². The first-order valence-electron chi connectivity index (χ1n) is 7.55. The molecule has 0 aromatic heterocycles. The molecule has 0 saturated carbocycles. The number of allylic oxidation sites excluding steroid dienone is 3. The van der Waals surface area contributed by atoms with E-state index in [1.54, 1.807) is 31.2 Å². The molecule has 0 spiro atoms. The van der Waals surface area contributed by atoms with E-state index in [0.29, 0.717) is 15.7 Å². The summed E-state index contributed by atoms with van der Waals surface area (Å²) in [7, 11) is 1.29. The van der Waals surface area contributed by atoms with E-state index in [2.05, 4.69) is 21.2 Å². The number of hydrogen-bond acceptors (Lipinski definition) is 4. The molecule has 144 valence electrons. The minimum absolute atomic E-state index is 0. The molecule has 1 N–H and O–H groups in total. The quantitative estimate of drug-likeness (QED) is 0.327. The fraction of sp³-hybridized carbons (Fsp3) is 0.278. The van der Waals surface area contributed by atoms with Crippen LogP contribution in [0.1, 0.15) is 24.2 Å². The topological polar surface area (TPSA) is 79.8 Å². The van der Waals surface area contributed by atoms with Crippen molar-refractivity contribution < 1.29 is 39.2 Å². The Labute approximate surface area is 159 Å². The fourth-order valence-electron chi connectivity index (χ4n) is 2.45. The van der Waals surface area contributed by atoms with Crippen molar-refractivity contribution in [1.82, 2.24) is 4.90 Å². The van der Waals surface area contributed by atoms with Gasteiger partial charge in [-0.15, -0.1) is 0 Å². The molecule has 1 aliphatic rings. The molecule has 2 rings (SSSR count). The number of nitrogens with zero attached hydrogens (tertiary/aromatic N) is 2. The van der Waals surface area contributed by atoms with Crippen molar-refractivity contribution in [3.8, 4) is 0 Å². The van der Waals surface area contributed by atoms with Gasteiger partial charge in [-0.1, -0.05) is 0 Å². The van der Waals surface area contributed by atoms with Gasteiger partial charge in [0.15, 0.2) is 0 Å². The van der Waals surface area contributed by atoms with Crippen LogP contribution < -0.4 is 4.90 Å². The minimum atomic E-state index is -0.679. The number of urea groups is 1. The van der Waals surface area contributed by atoms with E-state index >= 15 is 0 Å². The molecule has 1 aliphatic heterocycles. The van der Waals surface area contributed by atoms with Crippen molar-refractivity contribution in [2.24, 2.45) is 0 Å². The Balaban J connectivity index is 0.00000338. The Hall–Kier alpha value is -2.31. The monoisotopic (exact) mass is 404 g/mol. The Kier molecular flexibility index (Phi) is 7.86. The molecule has 2 amide bonds. The maximum atomic E-state index is 13.9. The number of amides is 2. The van der Waals surface area contributed by atoms with Crippen LogP contribution in [0.5, 0.6) is 0 Å². The number of esters is 1. The number of carbonyl (C=O) groups excluding carboxylic acids is 2. The third-order valence-electron chi connectivity index (χ3n) is 3.56. The van der Waals surface area contributed by atoms with Crippen molar-refractivity contribution in [3.05, 3.63) is 54.0 Å². The van der Waals surface area contributed by atoms with E-state index in [0.717, 1.165) is 0 Å². The largest absolute Gasteiger partial charge is 0.870 e. The second-order valence-electron chi connectivity index (χ2n) is 5.49. The van der Waals surface area contributed by atoms with Crippen molar-refractivity contribution in [3.63, 3.8) is 0 Å². The van der Waals surface area contributed by atoms with Crippen LogP contribution in [0.4, 0.5) is 14.9 Å². The fourth-order valence-corrected chi connectivity index (χ4v) is 2.53. The van der Waals surface area contributed by atoms with Gasteiger partial charge >= 0.3 is 137 Å². The van der Waals surface area contributed by atoms with Gasteiger partial charge in [-0.05, 0) is 0 Å². The Morgan fingerprint density at radius 3 is 2.73 bits per heavy atom. The van der Waals surface area contributed by atoms with Crippen LogP contribution in [0.2, 0.25) is 0 Å². The molecule has 1 heterocycles. The van der Waals surface area contributed by atoms with Gasteiger partial charge in [0.1, 0.15) is 0 Å². The number of hydrogen-bond donors (Lipinski definition) is 0. The van der Waals surface area contributed by atoms with E-state index in [4.69, 9.17) is 4.74 Å². The molecule has 0 radical (unpaired) electrons. The molecular formula is C18H19FN2NiO4-2. The summed E-state index contributed by atoms with van der Waals surface area (Å²) >= 11 is 4.54. The molecule has 1 aromatic rings. The van der Waals surface area contributed by atoms with Gasteiger partial charge in [0, 0.05) is 0 Å². The number of methoxy groups -OCH3 is 1. The molecule has 1 aromatic carbocycles. The first-order chi connectivity index (χ1) is 11.8.